The van der Waals surface area contributed by atoms with Crippen LogP contribution in [0.15, 0.2) is 0 Å². The minimum Gasteiger partial charge on any atom is -0.444 e. The van der Waals surface area contributed by atoms with Crippen LogP contribution in [0, 0.1) is 0 Å². The van der Waals surface area contributed by atoms with Crippen LogP contribution in [0.25, 0.3) is 0 Å². The maximum absolute atomic E-state index is 12.4. The van der Waals surface area contributed by atoms with Crippen molar-refractivity contribution in [2.24, 2.45) is 0 Å². The van der Waals surface area contributed by atoms with Gasteiger partial charge in [0.15, 0.2) is 0 Å². The summed E-state index contributed by atoms with van der Waals surface area (Å²) >= 11 is 0. The Morgan fingerprint density at radius 3 is 1.95 bits per heavy atom. The lowest BCUT2D eigenvalue weighted by molar-refractivity contribution is -0.133. The summed E-state index contributed by atoms with van der Waals surface area (Å²) in [5.41, 5.74) is -0.559. The molecule has 0 aromatic carbocycles. The fourth-order valence-electron chi connectivity index (χ4n) is 1.85. The second-order valence-electron chi connectivity index (χ2n) is 6.40. The summed E-state index contributed by atoms with van der Waals surface area (Å²) in [6.07, 6.45) is 3.51. The van der Waals surface area contributed by atoms with Crippen molar-refractivity contribution in [3.63, 3.8) is 0 Å². The molecule has 0 heterocycles. The highest BCUT2D eigenvalue weighted by Crippen LogP contribution is 2.08. The van der Waals surface area contributed by atoms with Gasteiger partial charge >= 0.3 is 6.09 Å². The van der Waals surface area contributed by atoms with Crippen molar-refractivity contribution in [1.29, 1.82) is 0 Å². The summed E-state index contributed by atoms with van der Waals surface area (Å²) in [7, 11) is 0. The van der Waals surface area contributed by atoms with Gasteiger partial charge in [0.25, 0.3) is 0 Å². The van der Waals surface area contributed by atoms with Crippen molar-refractivity contribution in [2.45, 2.75) is 78.9 Å². The van der Waals surface area contributed by atoms with E-state index in [4.69, 9.17) is 4.74 Å². The van der Waals surface area contributed by atoms with Gasteiger partial charge in [-0.25, -0.2) is 4.79 Å². The number of hydrogen-bond donors (Lipinski definition) is 1. The molecule has 0 aliphatic heterocycles. The van der Waals surface area contributed by atoms with E-state index in [0.717, 1.165) is 38.8 Å². The lowest BCUT2D eigenvalue weighted by Gasteiger charge is -2.27. The van der Waals surface area contributed by atoms with Crippen LogP contribution in [0.5, 0.6) is 0 Å². The van der Waals surface area contributed by atoms with Crippen molar-refractivity contribution in [2.75, 3.05) is 13.1 Å². The molecule has 0 saturated heterocycles. The molecule has 0 aliphatic carbocycles. The van der Waals surface area contributed by atoms with Crippen molar-refractivity contribution in [1.82, 2.24) is 10.2 Å². The Bertz CT molecular complexity index is 316. The van der Waals surface area contributed by atoms with Gasteiger partial charge in [-0.1, -0.05) is 26.7 Å². The van der Waals surface area contributed by atoms with Crippen LogP contribution in [0.3, 0.4) is 0 Å². The third kappa shape index (κ3) is 9.32. The smallest absolute Gasteiger partial charge is 0.408 e. The minimum absolute atomic E-state index is 0.0391. The molecule has 21 heavy (non-hydrogen) atoms. The van der Waals surface area contributed by atoms with E-state index in [9.17, 15) is 9.59 Å². The molecule has 0 aliphatic rings. The molecule has 1 N–H and O–H groups in total. The number of rotatable bonds is 8. The monoisotopic (exact) mass is 300 g/mol. The lowest BCUT2D eigenvalue weighted by Crippen LogP contribution is -2.48. The van der Waals surface area contributed by atoms with Crippen LogP contribution >= 0.6 is 0 Å². The van der Waals surface area contributed by atoms with Gasteiger partial charge < -0.3 is 15.0 Å². The zero-order valence-electron chi connectivity index (χ0n) is 14.5. The molecule has 5 heteroatoms. The molecule has 1 unspecified atom stereocenters. The van der Waals surface area contributed by atoms with Crippen LogP contribution in [0.4, 0.5) is 4.79 Å². The van der Waals surface area contributed by atoms with Crippen molar-refractivity contribution in [3.8, 4) is 0 Å². The van der Waals surface area contributed by atoms with Crippen molar-refractivity contribution < 1.29 is 14.3 Å². The average molecular weight is 300 g/mol. The molecule has 0 aromatic rings. The van der Waals surface area contributed by atoms with Gasteiger partial charge in [-0.3, -0.25) is 4.79 Å². The second-order valence-corrected chi connectivity index (χ2v) is 6.40. The molecular weight excluding hydrogens is 268 g/mol. The quantitative estimate of drug-likeness (QED) is 0.748. The number of nitrogens with one attached hydrogen (secondary N) is 1. The Morgan fingerprint density at radius 1 is 1.10 bits per heavy atom. The highest BCUT2D eigenvalue weighted by atomic mass is 16.6. The first kappa shape index (κ1) is 19.7. The largest absolute Gasteiger partial charge is 0.444 e. The number of carbonyl (C=O) groups is 2. The Balaban J connectivity index is 4.49. The Morgan fingerprint density at radius 2 is 1.57 bits per heavy atom. The van der Waals surface area contributed by atoms with E-state index in [1.54, 1.807) is 27.7 Å². The Hall–Kier alpha value is -1.26. The molecule has 124 valence electrons. The highest BCUT2D eigenvalue weighted by Gasteiger charge is 2.24. The predicted octanol–water partition coefficient (Wildman–Crippen LogP) is 3.33. The number of hydrogen-bond acceptors (Lipinski definition) is 3. The van der Waals surface area contributed by atoms with E-state index >= 15 is 0 Å². The fourth-order valence-corrected chi connectivity index (χ4v) is 1.85. The van der Waals surface area contributed by atoms with Crippen LogP contribution in [0.2, 0.25) is 0 Å². The van der Waals surface area contributed by atoms with Crippen LogP contribution < -0.4 is 5.32 Å². The van der Waals surface area contributed by atoms with E-state index in [0.29, 0.717) is 0 Å². The van der Waals surface area contributed by atoms with E-state index in [-0.39, 0.29) is 5.91 Å². The molecule has 0 rings (SSSR count). The zero-order chi connectivity index (χ0) is 16.5. The van der Waals surface area contributed by atoms with Crippen LogP contribution in [-0.2, 0) is 9.53 Å². The summed E-state index contributed by atoms with van der Waals surface area (Å²) in [6.45, 7) is 12.8. The van der Waals surface area contributed by atoms with E-state index in [1.807, 2.05) is 4.90 Å². The summed E-state index contributed by atoms with van der Waals surface area (Å²) in [5, 5.41) is 2.62. The molecule has 1 atom stereocenters. The summed E-state index contributed by atoms with van der Waals surface area (Å²) in [4.78, 5) is 26.0. The molecular formula is C16H32N2O3. The highest BCUT2D eigenvalue weighted by molar-refractivity contribution is 5.85. The fraction of sp³-hybridized carbons (Fsp3) is 0.875. The maximum Gasteiger partial charge on any atom is 0.408 e. The number of carbonyl (C=O) groups excluding carboxylic acids is 2. The van der Waals surface area contributed by atoms with Crippen LogP contribution in [-0.4, -0.2) is 41.6 Å². The Labute approximate surface area is 129 Å². The molecule has 0 aromatic heterocycles. The van der Waals surface area contributed by atoms with Gasteiger partial charge in [0.1, 0.15) is 11.6 Å². The first-order valence-electron chi connectivity index (χ1n) is 7.99. The summed E-state index contributed by atoms with van der Waals surface area (Å²) < 4.78 is 5.18. The summed E-state index contributed by atoms with van der Waals surface area (Å²) in [6, 6.07) is -0.562. The van der Waals surface area contributed by atoms with Crippen molar-refractivity contribution >= 4 is 12.0 Å². The number of unbranched alkanes of at least 4 members (excludes halogenated alkanes) is 2. The van der Waals surface area contributed by atoms with E-state index in [1.165, 1.54) is 0 Å². The molecule has 0 saturated carbocycles. The molecule has 0 fully saturated rings. The van der Waals surface area contributed by atoms with Gasteiger partial charge in [-0.15, -0.1) is 0 Å². The first-order chi connectivity index (χ1) is 9.71. The minimum atomic E-state index is -0.562. The van der Waals surface area contributed by atoms with Gasteiger partial charge in [0.05, 0.1) is 0 Å². The van der Waals surface area contributed by atoms with E-state index < -0.39 is 17.7 Å². The van der Waals surface area contributed by atoms with Gasteiger partial charge in [-0.05, 0) is 40.5 Å². The molecule has 5 nitrogen and oxygen atoms in total. The van der Waals surface area contributed by atoms with Crippen LogP contribution in [0.1, 0.15) is 67.2 Å². The normalized spacial score (nSPS) is 12.7. The maximum atomic E-state index is 12.4. The Kier molecular flexibility index (Phi) is 9.06. The third-order valence-corrected chi connectivity index (χ3v) is 2.98. The van der Waals surface area contributed by atoms with E-state index in [2.05, 4.69) is 19.2 Å². The molecule has 0 bridgehead atoms. The standard InChI is InChI=1S/C16H32N2O3/c1-7-9-11-18(12-10-8-2)14(19)13(3)17-15(20)21-16(4,5)6/h13H,7-12H2,1-6H3,(H,17,20). The van der Waals surface area contributed by atoms with Gasteiger partial charge in [0, 0.05) is 13.1 Å². The predicted molar refractivity (Wildman–Crippen MR) is 85.2 cm³/mol. The topological polar surface area (TPSA) is 58.6 Å². The second kappa shape index (κ2) is 9.64. The van der Waals surface area contributed by atoms with Gasteiger partial charge in [0.2, 0.25) is 5.91 Å². The molecule has 0 radical (unpaired) electrons. The summed E-state index contributed by atoms with van der Waals surface area (Å²) in [5.74, 6) is -0.0391. The zero-order valence-corrected chi connectivity index (χ0v) is 14.5. The average Bonchev–Trinajstić information content (AvgIpc) is 2.35. The van der Waals surface area contributed by atoms with Crippen molar-refractivity contribution in [3.05, 3.63) is 0 Å². The SMILES string of the molecule is CCCCN(CCCC)C(=O)C(C)NC(=O)OC(C)(C)C. The number of alkyl carbamates (subject to hydrolysis) is 1. The third-order valence-electron chi connectivity index (χ3n) is 2.98. The number of amides is 2. The molecule has 2 amide bonds. The lowest BCUT2D eigenvalue weighted by atomic mass is 10.2. The number of ether oxygens (including phenoxy) is 1. The molecule has 0 spiro atoms. The number of nitrogens with zero attached hydrogens (tertiary/aromatic N) is 1. The first-order valence-corrected chi connectivity index (χ1v) is 7.99. The van der Waals surface area contributed by atoms with Gasteiger partial charge in [-0.2, -0.15) is 0 Å².